The molecule has 2 fully saturated rings. The maximum absolute atomic E-state index is 14.6. The van der Waals surface area contributed by atoms with Crippen LogP contribution in [0.4, 0.5) is 23.4 Å². The molecule has 1 aliphatic heterocycles. The normalized spacial score (nSPS) is 18.4. The van der Waals surface area contributed by atoms with Crippen molar-refractivity contribution in [1.82, 2.24) is 25.3 Å². The summed E-state index contributed by atoms with van der Waals surface area (Å²) >= 11 is 0. The van der Waals surface area contributed by atoms with E-state index in [4.69, 9.17) is 4.52 Å². The number of aromatic nitrogens is 3. The number of hydrogen-bond donors (Lipinski definition) is 1. The molecule has 3 aromatic rings. The molecule has 1 aliphatic carbocycles. The van der Waals surface area contributed by atoms with E-state index in [1.807, 2.05) is 17.0 Å². The van der Waals surface area contributed by atoms with Crippen LogP contribution in [-0.4, -0.2) is 59.3 Å². The van der Waals surface area contributed by atoms with E-state index in [-0.39, 0.29) is 5.82 Å². The molecule has 37 heavy (non-hydrogen) atoms. The molecule has 11 heteroatoms. The van der Waals surface area contributed by atoms with Crippen molar-refractivity contribution in [2.24, 2.45) is 0 Å². The summed E-state index contributed by atoms with van der Waals surface area (Å²) in [7, 11) is 0. The molecule has 0 spiro atoms. The summed E-state index contributed by atoms with van der Waals surface area (Å²) in [5, 5.41) is 7.57. The van der Waals surface area contributed by atoms with Gasteiger partial charge in [-0.15, -0.1) is 0 Å². The average molecular weight is 519 g/mol. The van der Waals surface area contributed by atoms with Crippen LogP contribution in [0.1, 0.15) is 48.5 Å². The lowest BCUT2D eigenvalue weighted by Gasteiger charge is -2.35. The summed E-state index contributed by atoms with van der Waals surface area (Å²) in [6.07, 6.45) is 0.108. The molecule has 198 valence electrons. The van der Waals surface area contributed by atoms with E-state index < -0.39 is 17.2 Å². The zero-order valence-corrected chi connectivity index (χ0v) is 20.5. The van der Waals surface area contributed by atoms with Gasteiger partial charge in [-0.05, 0) is 31.0 Å². The zero-order chi connectivity index (χ0) is 25.9. The third-order valence-electron chi connectivity index (χ3n) is 7.40. The molecule has 0 bridgehead atoms. The second-order valence-electron chi connectivity index (χ2n) is 9.69. The van der Waals surface area contributed by atoms with Crippen molar-refractivity contribution in [1.29, 1.82) is 0 Å². The maximum atomic E-state index is 14.6. The van der Waals surface area contributed by atoms with Gasteiger partial charge in [-0.1, -0.05) is 36.2 Å². The van der Waals surface area contributed by atoms with Crippen molar-refractivity contribution in [3.63, 3.8) is 0 Å². The van der Waals surface area contributed by atoms with E-state index in [0.29, 0.717) is 49.3 Å². The molecule has 1 saturated heterocycles. The van der Waals surface area contributed by atoms with E-state index in [1.54, 1.807) is 6.07 Å². The van der Waals surface area contributed by atoms with Gasteiger partial charge in [0.25, 0.3) is 0 Å². The Morgan fingerprint density at radius 3 is 2.43 bits per heavy atom. The van der Waals surface area contributed by atoms with E-state index in [0.717, 1.165) is 57.6 Å². The number of alkyl halides is 3. The fourth-order valence-electron chi connectivity index (χ4n) is 5.34. The van der Waals surface area contributed by atoms with Crippen LogP contribution in [0, 0.1) is 5.82 Å². The number of hydrogen-bond acceptors (Lipinski definition) is 7. The van der Waals surface area contributed by atoms with Gasteiger partial charge in [-0.2, -0.15) is 18.2 Å². The van der Waals surface area contributed by atoms with E-state index in [2.05, 4.69) is 25.3 Å². The minimum Gasteiger partial charge on any atom is -0.354 e. The molecule has 7 nitrogen and oxygen atoms in total. The lowest BCUT2D eigenvalue weighted by atomic mass is 9.78. The van der Waals surface area contributed by atoms with Gasteiger partial charge in [-0.25, -0.2) is 9.37 Å². The van der Waals surface area contributed by atoms with Gasteiger partial charge in [0, 0.05) is 51.0 Å². The molecule has 2 aromatic heterocycles. The van der Waals surface area contributed by atoms with E-state index >= 15 is 0 Å². The minimum absolute atomic E-state index is 0.233. The number of piperazine rings is 1. The average Bonchev–Trinajstić information content (AvgIpc) is 3.58. The second-order valence-corrected chi connectivity index (χ2v) is 9.69. The minimum atomic E-state index is -4.38. The van der Waals surface area contributed by atoms with Crippen molar-refractivity contribution < 1.29 is 22.1 Å². The summed E-state index contributed by atoms with van der Waals surface area (Å²) in [6, 6.07) is 9.35. The van der Waals surface area contributed by atoms with Crippen LogP contribution < -0.4 is 10.2 Å². The molecular formula is C26H30F4N6O. The molecule has 1 saturated carbocycles. The molecular weight excluding hydrogens is 488 g/mol. The Hall–Kier alpha value is -3.05. The number of rotatable bonds is 8. The largest absolute Gasteiger partial charge is 0.417 e. The number of halogens is 4. The molecule has 0 radical (unpaired) electrons. The van der Waals surface area contributed by atoms with Gasteiger partial charge in [-0.3, -0.25) is 4.90 Å². The first-order valence-corrected chi connectivity index (χ1v) is 12.6. The first-order valence-electron chi connectivity index (χ1n) is 12.6. The summed E-state index contributed by atoms with van der Waals surface area (Å²) in [5.74, 6) is 1.37. The Kier molecular flexibility index (Phi) is 7.43. The van der Waals surface area contributed by atoms with Gasteiger partial charge in [0.2, 0.25) is 5.89 Å². The predicted molar refractivity (Wildman–Crippen MR) is 130 cm³/mol. The van der Waals surface area contributed by atoms with Crippen LogP contribution in [0.3, 0.4) is 0 Å². The third kappa shape index (κ3) is 5.62. The number of nitrogens with zero attached hydrogens (tertiary/aromatic N) is 5. The standard InChI is InChI=1S/C26H30F4N6O/c27-21-6-2-1-5-20(21)25(9-3-4-10-25)24-33-23(37-34-24)18-31-11-12-35-13-15-36(16-14-35)22-8-7-19(17-32-22)26(28,29)30/h1-2,5-8,17,31H,3-4,9-16,18H2. The Labute approximate surface area is 212 Å². The highest BCUT2D eigenvalue weighted by molar-refractivity contribution is 5.40. The summed E-state index contributed by atoms with van der Waals surface area (Å²) in [4.78, 5) is 12.9. The first kappa shape index (κ1) is 25.6. The Balaban J connectivity index is 1.08. The van der Waals surface area contributed by atoms with Crippen molar-refractivity contribution in [2.45, 2.75) is 43.8 Å². The first-order chi connectivity index (χ1) is 17.8. The Morgan fingerprint density at radius 2 is 1.76 bits per heavy atom. The van der Waals surface area contributed by atoms with Gasteiger partial charge in [0.1, 0.15) is 11.6 Å². The van der Waals surface area contributed by atoms with Gasteiger partial charge in [0.05, 0.1) is 17.5 Å². The molecule has 5 rings (SSSR count). The zero-order valence-electron chi connectivity index (χ0n) is 20.5. The smallest absolute Gasteiger partial charge is 0.354 e. The molecule has 0 unspecified atom stereocenters. The van der Waals surface area contributed by atoms with Gasteiger partial charge >= 0.3 is 6.18 Å². The van der Waals surface area contributed by atoms with E-state index in [9.17, 15) is 17.6 Å². The molecule has 0 atom stereocenters. The number of benzene rings is 1. The monoisotopic (exact) mass is 518 g/mol. The molecule has 1 N–H and O–H groups in total. The quantitative estimate of drug-likeness (QED) is 0.350. The molecule has 3 heterocycles. The third-order valence-corrected chi connectivity index (χ3v) is 7.40. The fourth-order valence-corrected chi connectivity index (χ4v) is 5.34. The van der Waals surface area contributed by atoms with Crippen molar-refractivity contribution in [3.8, 4) is 0 Å². The van der Waals surface area contributed by atoms with Crippen molar-refractivity contribution in [2.75, 3.05) is 44.2 Å². The van der Waals surface area contributed by atoms with Crippen molar-refractivity contribution >= 4 is 5.82 Å². The molecule has 0 amide bonds. The lowest BCUT2D eigenvalue weighted by molar-refractivity contribution is -0.137. The highest BCUT2D eigenvalue weighted by Gasteiger charge is 2.43. The van der Waals surface area contributed by atoms with Crippen LogP contribution in [0.5, 0.6) is 0 Å². The predicted octanol–water partition coefficient (Wildman–Crippen LogP) is 4.39. The number of pyridine rings is 1. The van der Waals surface area contributed by atoms with Crippen molar-refractivity contribution in [3.05, 3.63) is 71.3 Å². The SMILES string of the molecule is Fc1ccccc1C1(c2noc(CNCCN3CCN(c4ccc(C(F)(F)F)cn4)CC3)n2)CCCC1. The topological polar surface area (TPSA) is 70.3 Å². The second kappa shape index (κ2) is 10.7. The van der Waals surface area contributed by atoms with Crippen LogP contribution in [-0.2, 0) is 18.1 Å². The highest BCUT2D eigenvalue weighted by atomic mass is 19.4. The van der Waals surface area contributed by atoms with E-state index in [1.165, 1.54) is 12.1 Å². The summed E-state index contributed by atoms with van der Waals surface area (Å²) < 4.78 is 58.4. The van der Waals surface area contributed by atoms with Crippen LogP contribution in [0.15, 0.2) is 47.1 Å². The number of anilines is 1. The van der Waals surface area contributed by atoms with Crippen LogP contribution in [0.2, 0.25) is 0 Å². The Morgan fingerprint density at radius 1 is 1.00 bits per heavy atom. The molecule has 2 aliphatic rings. The van der Waals surface area contributed by atoms with Crippen LogP contribution in [0.25, 0.3) is 0 Å². The molecule has 1 aromatic carbocycles. The van der Waals surface area contributed by atoms with Crippen LogP contribution >= 0.6 is 0 Å². The van der Waals surface area contributed by atoms with Gasteiger partial charge in [0.15, 0.2) is 5.82 Å². The summed E-state index contributed by atoms with van der Waals surface area (Å²) in [6.45, 7) is 4.94. The Bertz CT molecular complexity index is 1170. The highest BCUT2D eigenvalue weighted by Crippen LogP contribution is 2.46. The number of nitrogens with one attached hydrogen (secondary N) is 1. The van der Waals surface area contributed by atoms with Gasteiger partial charge < -0.3 is 14.7 Å². The lowest BCUT2D eigenvalue weighted by Crippen LogP contribution is -2.48. The fraction of sp³-hybridized carbons (Fsp3) is 0.500. The maximum Gasteiger partial charge on any atom is 0.417 e. The summed E-state index contributed by atoms with van der Waals surface area (Å²) in [5.41, 5.74) is -0.632.